The van der Waals surface area contributed by atoms with Crippen molar-refractivity contribution in [2.75, 3.05) is 30.4 Å². The van der Waals surface area contributed by atoms with Crippen molar-refractivity contribution in [3.8, 4) is 0 Å². The molecule has 0 aromatic heterocycles. The summed E-state index contributed by atoms with van der Waals surface area (Å²) < 4.78 is 0. The number of anilines is 3. The van der Waals surface area contributed by atoms with E-state index < -0.39 is 11.9 Å². The van der Waals surface area contributed by atoms with Crippen molar-refractivity contribution in [2.45, 2.75) is 13.3 Å². The lowest BCUT2D eigenvalue weighted by molar-refractivity contribution is -0.141. The van der Waals surface area contributed by atoms with E-state index in [0.29, 0.717) is 5.69 Å². The second kappa shape index (κ2) is 7.47. The highest BCUT2D eigenvalue weighted by atomic mass is 16.4. The Morgan fingerprint density at radius 3 is 2.54 bits per heavy atom. The van der Waals surface area contributed by atoms with Gasteiger partial charge in [0.15, 0.2) is 0 Å². The molecule has 6 heteroatoms. The Morgan fingerprint density at radius 1 is 1.15 bits per heavy atom. The van der Waals surface area contributed by atoms with Gasteiger partial charge < -0.3 is 20.2 Å². The van der Waals surface area contributed by atoms with Crippen LogP contribution in [0.2, 0.25) is 0 Å². The zero-order chi connectivity index (χ0) is 18.7. The fourth-order valence-electron chi connectivity index (χ4n) is 3.19. The third kappa shape index (κ3) is 3.64. The Labute approximate surface area is 153 Å². The highest BCUT2D eigenvalue weighted by Gasteiger charge is 2.23. The molecule has 1 unspecified atom stereocenters. The Bertz CT molecular complexity index is 821. The number of carboxylic acid groups (broad SMARTS) is 1. The fourth-order valence-corrected chi connectivity index (χ4v) is 3.19. The molecular formula is C20H23N3O3. The number of hydrogen-bond donors (Lipinski definition) is 2. The van der Waals surface area contributed by atoms with E-state index in [1.165, 1.54) is 10.5 Å². The number of carbonyl (C=O) groups excluding carboxylic acids is 1. The van der Waals surface area contributed by atoms with Crippen LogP contribution in [-0.2, 0) is 11.2 Å². The predicted molar refractivity (Wildman–Crippen MR) is 102 cm³/mol. The van der Waals surface area contributed by atoms with Crippen molar-refractivity contribution in [1.29, 1.82) is 0 Å². The molecule has 136 valence electrons. The first-order valence-electron chi connectivity index (χ1n) is 8.66. The maximum absolute atomic E-state index is 12.5. The first-order chi connectivity index (χ1) is 12.5. The molecule has 2 aromatic carbocycles. The quantitative estimate of drug-likeness (QED) is 0.862. The van der Waals surface area contributed by atoms with Gasteiger partial charge in [-0.2, -0.15) is 0 Å². The van der Waals surface area contributed by atoms with Gasteiger partial charge in [-0.05, 0) is 30.2 Å². The van der Waals surface area contributed by atoms with Crippen LogP contribution in [-0.4, -0.2) is 42.1 Å². The predicted octanol–water partition coefficient (Wildman–Crippen LogP) is 3.57. The number of aliphatic carboxylic acids is 1. The number of fused-ring (bicyclic) bond motifs is 1. The van der Waals surface area contributed by atoms with Crippen LogP contribution in [0.1, 0.15) is 12.5 Å². The number of rotatable bonds is 5. The summed E-state index contributed by atoms with van der Waals surface area (Å²) in [5.41, 5.74) is 4.09. The molecule has 0 aliphatic carbocycles. The van der Waals surface area contributed by atoms with Gasteiger partial charge in [-0.3, -0.25) is 4.79 Å². The van der Waals surface area contributed by atoms with Crippen LogP contribution in [0, 0.1) is 5.92 Å². The lowest BCUT2D eigenvalue weighted by Crippen LogP contribution is -2.36. The Kier molecular flexibility index (Phi) is 5.11. The second-order valence-corrected chi connectivity index (χ2v) is 6.60. The van der Waals surface area contributed by atoms with Gasteiger partial charge in [0, 0.05) is 25.8 Å². The number of nitrogens with zero attached hydrogens (tertiary/aromatic N) is 2. The molecule has 1 atom stereocenters. The minimum Gasteiger partial charge on any atom is -0.481 e. The minimum atomic E-state index is -0.918. The van der Waals surface area contributed by atoms with Crippen molar-refractivity contribution < 1.29 is 14.7 Å². The number of carbonyl (C=O) groups is 2. The second-order valence-electron chi connectivity index (χ2n) is 6.60. The third-order valence-corrected chi connectivity index (χ3v) is 4.64. The van der Waals surface area contributed by atoms with Crippen molar-refractivity contribution in [3.63, 3.8) is 0 Å². The Morgan fingerprint density at radius 2 is 1.81 bits per heavy atom. The summed E-state index contributed by atoms with van der Waals surface area (Å²) >= 11 is 0. The van der Waals surface area contributed by atoms with E-state index in [0.717, 1.165) is 24.3 Å². The Balaban J connectivity index is 1.78. The summed E-state index contributed by atoms with van der Waals surface area (Å²) in [5, 5.41) is 11.9. The van der Waals surface area contributed by atoms with Crippen LogP contribution in [0.3, 0.4) is 0 Å². The number of nitrogens with one attached hydrogen (secondary N) is 1. The zero-order valence-electron chi connectivity index (χ0n) is 15.0. The summed E-state index contributed by atoms with van der Waals surface area (Å²) in [6.45, 7) is 2.59. The molecule has 2 aromatic rings. The molecule has 26 heavy (non-hydrogen) atoms. The van der Waals surface area contributed by atoms with Gasteiger partial charge in [-0.25, -0.2) is 4.79 Å². The maximum Gasteiger partial charge on any atom is 0.321 e. The molecular weight excluding hydrogens is 330 g/mol. The van der Waals surface area contributed by atoms with Crippen molar-refractivity contribution in [3.05, 3.63) is 54.1 Å². The van der Waals surface area contributed by atoms with Gasteiger partial charge in [-0.15, -0.1) is 0 Å². The SMILES string of the molecule is CC(CN(C)C(=O)Nc1ccccc1N1CCc2ccccc21)C(=O)O. The molecule has 3 rings (SSSR count). The molecule has 0 saturated heterocycles. The highest BCUT2D eigenvalue weighted by Crippen LogP contribution is 2.38. The van der Waals surface area contributed by atoms with Gasteiger partial charge in [0.1, 0.15) is 0 Å². The van der Waals surface area contributed by atoms with E-state index in [2.05, 4.69) is 22.3 Å². The number of urea groups is 1. The van der Waals surface area contributed by atoms with Crippen LogP contribution >= 0.6 is 0 Å². The summed E-state index contributed by atoms with van der Waals surface area (Å²) in [6, 6.07) is 15.6. The first kappa shape index (κ1) is 17.8. The lowest BCUT2D eigenvalue weighted by atomic mass is 10.1. The molecule has 0 radical (unpaired) electrons. The Hall–Kier alpha value is -3.02. The summed E-state index contributed by atoms with van der Waals surface area (Å²) in [7, 11) is 1.60. The number of amides is 2. The van der Waals surface area contributed by atoms with Crippen molar-refractivity contribution >= 4 is 29.1 Å². The number of benzene rings is 2. The number of hydrogen-bond acceptors (Lipinski definition) is 3. The van der Waals surface area contributed by atoms with Crippen molar-refractivity contribution in [1.82, 2.24) is 4.90 Å². The first-order valence-corrected chi connectivity index (χ1v) is 8.66. The highest BCUT2D eigenvalue weighted by molar-refractivity contribution is 5.94. The van der Waals surface area contributed by atoms with Crippen molar-refractivity contribution in [2.24, 2.45) is 5.92 Å². The van der Waals surface area contributed by atoms with E-state index in [1.807, 2.05) is 36.4 Å². The van der Waals surface area contributed by atoms with Gasteiger partial charge in [0.25, 0.3) is 0 Å². The fraction of sp³-hybridized carbons (Fsp3) is 0.300. The normalized spacial score (nSPS) is 13.8. The molecule has 0 spiro atoms. The molecule has 1 heterocycles. The molecule has 6 nitrogen and oxygen atoms in total. The maximum atomic E-state index is 12.5. The van der Waals surface area contributed by atoms with Gasteiger partial charge in [-0.1, -0.05) is 37.3 Å². The van der Waals surface area contributed by atoms with Crippen LogP contribution in [0.5, 0.6) is 0 Å². The molecule has 0 fully saturated rings. The van der Waals surface area contributed by atoms with Gasteiger partial charge in [0.2, 0.25) is 0 Å². The van der Waals surface area contributed by atoms with E-state index in [-0.39, 0.29) is 12.6 Å². The zero-order valence-corrected chi connectivity index (χ0v) is 15.0. The van der Waals surface area contributed by atoms with Gasteiger partial charge in [0.05, 0.1) is 17.3 Å². The molecule has 1 aliphatic heterocycles. The number of para-hydroxylation sites is 3. The summed E-state index contributed by atoms with van der Waals surface area (Å²) in [6.07, 6.45) is 0.967. The van der Waals surface area contributed by atoms with Crippen LogP contribution in [0.15, 0.2) is 48.5 Å². The largest absolute Gasteiger partial charge is 0.481 e. The average Bonchev–Trinajstić information content (AvgIpc) is 3.06. The van der Waals surface area contributed by atoms with Crippen LogP contribution < -0.4 is 10.2 Å². The minimum absolute atomic E-state index is 0.149. The van der Waals surface area contributed by atoms with E-state index in [9.17, 15) is 9.59 Å². The van der Waals surface area contributed by atoms with Crippen LogP contribution in [0.25, 0.3) is 0 Å². The monoisotopic (exact) mass is 353 g/mol. The standard InChI is InChI=1S/C20H23N3O3/c1-14(19(24)25)13-22(2)20(26)21-16-8-4-6-10-18(16)23-12-11-15-7-3-5-9-17(15)23/h3-10,14H,11-13H2,1-2H3,(H,21,26)(H,24,25). The molecule has 0 bridgehead atoms. The molecule has 2 N–H and O–H groups in total. The molecule has 0 saturated carbocycles. The van der Waals surface area contributed by atoms with E-state index >= 15 is 0 Å². The van der Waals surface area contributed by atoms with E-state index in [4.69, 9.17) is 5.11 Å². The number of carboxylic acids is 1. The smallest absolute Gasteiger partial charge is 0.321 e. The topological polar surface area (TPSA) is 72.9 Å². The summed E-state index contributed by atoms with van der Waals surface area (Å²) in [5.74, 6) is -1.54. The lowest BCUT2D eigenvalue weighted by Gasteiger charge is -2.25. The third-order valence-electron chi connectivity index (χ3n) is 4.64. The van der Waals surface area contributed by atoms with Crippen LogP contribution in [0.4, 0.5) is 21.9 Å². The molecule has 2 amide bonds. The average molecular weight is 353 g/mol. The molecule has 1 aliphatic rings. The van der Waals surface area contributed by atoms with Gasteiger partial charge >= 0.3 is 12.0 Å². The van der Waals surface area contributed by atoms with E-state index in [1.54, 1.807) is 14.0 Å². The summed E-state index contributed by atoms with van der Waals surface area (Å²) in [4.78, 5) is 27.1.